The summed E-state index contributed by atoms with van der Waals surface area (Å²) >= 11 is 0. The van der Waals surface area contributed by atoms with E-state index in [-0.39, 0.29) is 37.9 Å². The number of fused-ring (bicyclic) bond motifs is 1. The minimum atomic E-state index is -3.61. The van der Waals surface area contributed by atoms with E-state index in [0.29, 0.717) is 16.2 Å². The van der Waals surface area contributed by atoms with Gasteiger partial charge in [-0.2, -0.15) is 9.29 Å². The van der Waals surface area contributed by atoms with Crippen molar-refractivity contribution in [1.82, 2.24) is 28.8 Å². The number of nitrogens with zero attached hydrogens (tertiary/aromatic N) is 6. The number of benzene rings is 1. The molecular weight excluding hydrogens is 404 g/mol. The number of aromatic nitrogens is 4. The Labute approximate surface area is 175 Å². The number of aryl methyl sites for hydroxylation is 4. The molecule has 1 fully saturated rings. The van der Waals surface area contributed by atoms with Gasteiger partial charge in [-0.15, -0.1) is 5.10 Å². The SMILES string of the molecule is Cc1ccc(C)c(S(=O)(=O)N2CCN(C(=O)c3nc4nc(C)cc(C)n4n3)CC2)c1. The molecule has 0 N–H and O–H groups in total. The molecule has 1 aliphatic rings. The average Bonchev–Trinajstić information content (AvgIpc) is 3.13. The molecule has 1 amide bonds. The van der Waals surface area contributed by atoms with Crippen LogP contribution in [0.4, 0.5) is 0 Å². The number of carbonyl (C=O) groups is 1. The monoisotopic (exact) mass is 428 g/mol. The Morgan fingerprint density at radius 3 is 2.37 bits per heavy atom. The number of carbonyl (C=O) groups excluding carboxylic acids is 1. The summed E-state index contributed by atoms with van der Waals surface area (Å²) in [6, 6.07) is 7.27. The van der Waals surface area contributed by atoms with Gasteiger partial charge in [0, 0.05) is 37.6 Å². The lowest BCUT2D eigenvalue weighted by atomic mass is 10.2. The maximum absolute atomic E-state index is 13.1. The summed E-state index contributed by atoms with van der Waals surface area (Å²) in [5.41, 5.74) is 3.25. The fourth-order valence-corrected chi connectivity index (χ4v) is 5.39. The summed E-state index contributed by atoms with van der Waals surface area (Å²) in [5, 5.41) is 4.29. The van der Waals surface area contributed by atoms with Crippen LogP contribution in [-0.4, -0.2) is 69.3 Å². The van der Waals surface area contributed by atoms with Crippen molar-refractivity contribution in [3.63, 3.8) is 0 Å². The van der Waals surface area contributed by atoms with Gasteiger partial charge in [0.25, 0.3) is 11.7 Å². The molecule has 0 saturated carbocycles. The Hall–Kier alpha value is -2.85. The molecule has 1 saturated heterocycles. The maximum atomic E-state index is 13.1. The van der Waals surface area contributed by atoms with Crippen LogP contribution in [0.3, 0.4) is 0 Å². The van der Waals surface area contributed by atoms with Crippen LogP contribution >= 0.6 is 0 Å². The van der Waals surface area contributed by atoms with E-state index in [0.717, 1.165) is 17.0 Å². The van der Waals surface area contributed by atoms with Gasteiger partial charge in [-0.3, -0.25) is 4.79 Å². The summed E-state index contributed by atoms with van der Waals surface area (Å²) in [5.74, 6) is 0.135. The van der Waals surface area contributed by atoms with Crippen molar-refractivity contribution in [2.24, 2.45) is 0 Å². The van der Waals surface area contributed by atoms with Crippen LogP contribution in [0.1, 0.15) is 33.1 Å². The average molecular weight is 429 g/mol. The minimum Gasteiger partial charge on any atom is -0.333 e. The van der Waals surface area contributed by atoms with E-state index in [1.807, 2.05) is 39.0 Å². The number of amides is 1. The molecule has 1 aliphatic heterocycles. The maximum Gasteiger partial charge on any atom is 0.293 e. The van der Waals surface area contributed by atoms with Crippen molar-refractivity contribution in [2.75, 3.05) is 26.2 Å². The second kappa shape index (κ2) is 7.44. The lowest BCUT2D eigenvalue weighted by Gasteiger charge is -2.33. The number of rotatable bonds is 3. The van der Waals surface area contributed by atoms with Crippen molar-refractivity contribution in [1.29, 1.82) is 0 Å². The van der Waals surface area contributed by atoms with Crippen LogP contribution in [0.5, 0.6) is 0 Å². The Morgan fingerprint density at radius 2 is 1.67 bits per heavy atom. The molecule has 0 radical (unpaired) electrons. The highest BCUT2D eigenvalue weighted by molar-refractivity contribution is 7.89. The van der Waals surface area contributed by atoms with Gasteiger partial charge in [0.15, 0.2) is 0 Å². The number of sulfonamides is 1. The summed E-state index contributed by atoms with van der Waals surface area (Å²) in [6.07, 6.45) is 0. The van der Waals surface area contributed by atoms with Crippen molar-refractivity contribution in [2.45, 2.75) is 32.6 Å². The van der Waals surface area contributed by atoms with Crippen molar-refractivity contribution in [3.05, 3.63) is 52.6 Å². The number of piperazine rings is 1. The molecule has 0 aliphatic carbocycles. The fourth-order valence-electron chi connectivity index (χ4n) is 3.65. The molecule has 10 heteroatoms. The highest BCUT2D eigenvalue weighted by atomic mass is 32.2. The first-order valence-electron chi connectivity index (χ1n) is 9.74. The summed E-state index contributed by atoms with van der Waals surface area (Å²) in [4.78, 5) is 23.4. The molecular formula is C20H24N6O3S. The first kappa shape index (κ1) is 20.4. The highest BCUT2D eigenvalue weighted by Gasteiger charge is 2.32. The number of hydrogen-bond acceptors (Lipinski definition) is 6. The van der Waals surface area contributed by atoms with Crippen LogP contribution in [0.25, 0.3) is 5.78 Å². The van der Waals surface area contributed by atoms with Crippen LogP contribution in [-0.2, 0) is 10.0 Å². The number of hydrogen-bond donors (Lipinski definition) is 0. The van der Waals surface area contributed by atoms with Crippen molar-refractivity contribution in [3.8, 4) is 0 Å². The molecule has 0 bridgehead atoms. The summed E-state index contributed by atoms with van der Waals surface area (Å²) in [7, 11) is -3.61. The van der Waals surface area contributed by atoms with Gasteiger partial charge in [0.1, 0.15) is 0 Å². The molecule has 0 spiro atoms. The summed E-state index contributed by atoms with van der Waals surface area (Å²) in [6.45, 7) is 8.42. The largest absolute Gasteiger partial charge is 0.333 e. The molecule has 0 atom stereocenters. The van der Waals surface area contributed by atoms with Crippen LogP contribution in [0.2, 0.25) is 0 Å². The van der Waals surface area contributed by atoms with Gasteiger partial charge in [0.05, 0.1) is 4.90 Å². The van der Waals surface area contributed by atoms with Gasteiger partial charge in [0.2, 0.25) is 15.8 Å². The third kappa shape index (κ3) is 3.56. The molecule has 4 rings (SSSR count). The molecule has 9 nitrogen and oxygen atoms in total. The lowest BCUT2D eigenvalue weighted by molar-refractivity contribution is 0.0686. The molecule has 3 aromatic rings. The second-order valence-corrected chi connectivity index (χ2v) is 9.56. The Kier molecular flexibility index (Phi) is 5.07. The molecule has 1 aromatic carbocycles. The Balaban J connectivity index is 1.51. The van der Waals surface area contributed by atoms with Crippen molar-refractivity contribution >= 4 is 21.7 Å². The Morgan fingerprint density at radius 1 is 0.967 bits per heavy atom. The molecule has 0 unspecified atom stereocenters. The van der Waals surface area contributed by atoms with E-state index in [4.69, 9.17) is 0 Å². The molecule has 30 heavy (non-hydrogen) atoms. The molecule has 158 valence electrons. The zero-order valence-electron chi connectivity index (χ0n) is 17.5. The quantitative estimate of drug-likeness (QED) is 0.627. The van der Waals surface area contributed by atoms with Crippen LogP contribution in [0.15, 0.2) is 29.2 Å². The fraction of sp³-hybridized carbons (Fsp3) is 0.400. The third-order valence-corrected chi connectivity index (χ3v) is 7.34. The summed E-state index contributed by atoms with van der Waals surface area (Å²) < 4.78 is 29.1. The smallest absolute Gasteiger partial charge is 0.293 e. The minimum absolute atomic E-state index is 0.0713. The van der Waals surface area contributed by atoms with Crippen LogP contribution < -0.4 is 0 Å². The van der Waals surface area contributed by atoms with E-state index in [1.54, 1.807) is 22.4 Å². The normalized spacial score (nSPS) is 15.7. The topological polar surface area (TPSA) is 101 Å². The third-order valence-electron chi connectivity index (χ3n) is 5.30. The highest BCUT2D eigenvalue weighted by Crippen LogP contribution is 2.22. The Bertz CT molecular complexity index is 1240. The van der Waals surface area contributed by atoms with Crippen molar-refractivity contribution < 1.29 is 13.2 Å². The predicted molar refractivity (Wildman–Crippen MR) is 111 cm³/mol. The van der Waals surface area contributed by atoms with E-state index in [9.17, 15) is 13.2 Å². The first-order chi connectivity index (χ1) is 14.2. The van der Waals surface area contributed by atoms with Gasteiger partial charge in [-0.05, 0) is 51.0 Å². The van der Waals surface area contributed by atoms with E-state index >= 15 is 0 Å². The zero-order valence-corrected chi connectivity index (χ0v) is 18.3. The zero-order chi connectivity index (χ0) is 21.6. The van der Waals surface area contributed by atoms with E-state index in [2.05, 4.69) is 15.1 Å². The molecule has 3 heterocycles. The molecule has 2 aromatic heterocycles. The van der Waals surface area contributed by atoms with Gasteiger partial charge in [-0.25, -0.2) is 17.9 Å². The van der Waals surface area contributed by atoms with E-state index in [1.165, 1.54) is 4.31 Å². The van der Waals surface area contributed by atoms with E-state index < -0.39 is 10.0 Å². The first-order valence-corrected chi connectivity index (χ1v) is 11.2. The lowest BCUT2D eigenvalue weighted by Crippen LogP contribution is -2.50. The van der Waals surface area contributed by atoms with Gasteiger partial charge >= 0.3 is 0 Å². The standard InChI is InChI=1S/C20H24N6O3S/c1-13-5-6-14(2)17(11-13)30(28,29)25-9-7-24(8-10-25)19(27)18-22-20-21-15(3)12-16(4)26(20)23-18/h5-6,11-12H,7-10H2,1-4H3. The van der Waals surface area contributed by atoms with Gasteiger partial charge in [-0.1, -0.05) is 12.1 Å². The van der Waals surface area contributed by atoms with Gasteiger partial charge < -0.3 is 4.90 Å². The predicted octanol–water partition coefficient (Wildman–Crippen LogP) is 1.50. The second-order valence-electron chi connectivity index (χ2n) is 7.65. The van der Waals surface area contributed by atoms with Crippen LogP contribution in [0, 0.1) is 27.7 Å².